The average Bonchev–Trinajstić information content (AvgIpc) is 2.58. The second kappa shape index (κ2) is 10.2. The van der Waals surface area contributed by atoms with Crippen LogP contribution in [0.4, 0.5) is 18.9 Å². The van der Waals surface area contributed by atoms with Crippen molar-refractivity contribution in [2.75, 3.05) is 18.5 Å². The van der Waals surface area contributed by atoms with Gasteiger partial charge in [-0.05, 0) is 30.3 Å². The van der Waals surface area contributed by atoms with Gasteiger partial charge in [-0.1, -0.05) is 24.3 Å². The molecule has 2 aromatic carbocycles. The Morgan fingerprint density at radius 2 is 1.85 bits per heavy atom. The van der Waals surface area contributed by atoms with Gasteiger partial charge in [-0.2, -0.15) is 13.2 Å². The van der Waals surface area contributed by atoms with E-state index in [0.29, 0.717) is 0 Å². The summed E-state index contributed by atoms with van der Waals surface area (Å²) in [5, 5.41) is 12.7. The van der Waals surface area contributed by atoms with E-state index in [0.717, 1.165) is 17.8 Å². The molecule has 0 radical (unpaired) electrons. The summed E-state index contributed by atoms with van der Waals surface area (Å²) in [5.41, 5.74) is 5.63. The summed E-state index contributed by atoms with van der Waals surface area (Å²) >= 11 is 0. The number of hydrogen-bond donors (Lipinski definition) is 3. The highest BCUT2D eigenvalue weighted by Gasteiger charge is 2.30. The summed E-state index contributed by atoms with van der Waals surface area (Å²) in [6, 6.07) is 13.6. The Hall–Kier alpha value is -2.01. The molecule has 0 fully saturated rings. The topological polar surface area (TPSA) is 79.9 Å². The first-order valence-corrected chi connectivity index (χ1v) is 7.45. The molecular formula is C17H19F3IN3O2. The third-order valence-electron chi connectivity index (χ3n) is 3.12. The van der Waals surface area contributed by atoms with Gasteiger partial charge in [0, 0.05) is 5.69 Å². The van der Waals surface area contributed by atoms with Crippen LogP contribution in [0.15, 0.2) is 59.6 Å². The SMILES string of the molecule is I.NC(=NCC(O)COc1cccc(C(F)(F)F)c1)Nc1ccccc1. The van der Waals surface area contributed by atoms with Gasteiger partial charge in [0.05, 0.1) is 12.1 Å². The number of ether oxygens (including phenoxy) is 1. The van der Waals surface area contributed by atoms with Crippen molar-refractivity contribution in [3.63, 3.8) is 0 Å². The molecule has 4 N–H and O–H groups in total. The minimum Gasteiger partial charge on any atom is -0.491 e. The van der Waals surface area contributed by atoms with Crippen molar-refractivity contribution in [1.82, 2.24) is 0 Å². The van der Waals surface area contributed by atoms with Crippen LogP contribution in [-0.2, 0) is 6.18 Å². The Morgan fingerprint density at radius 3 is 2.50 bits per heavy atom. The lowest BCUT2D eigenvalue weighted by Crippen LogP contribution is -2.27. The van der Waals surface area contributed by atoms with Gasteiger partial charge in [0.15, 0.2) is 5.96 Å². The molecule has 0 aliphatic heterocycles. The number of nitrogens with two attached hydrogens (primary N) is 1. The van der Waals surface area contributed by atoms with E-state index in [1.54, 1.807) is 12.1 Å². The molecule has 26 heavy (non-hydrogen) atoms. The molecule has 142 valence electrons. The van der Waals surface area contributed by atoms with Crippen LogP contribution in [0.3, 0.4) is 0 Å². The van der Waals surface area contributed by atoms with Crippen LogP contribution < -0.4 is 15.8 Å². The number of alkyl halides is 3. The van der Waals surface area contributed by atoms with Gasteiger partial charge in [-0.25, -0.2) is 0 Å². The number of nitrogens with one attached hydrogen (secondary N) is 1. The van der Waals surface area contributed by atoms with Crippen LogP contribution in [-0.4, -0.2) is 30.3 Å². The van der Waals surface area contributed by atoms with Gasteiger partial charge in [-0.15, -0.1) is 24.0 Å². The second-order valence-electron chi connectivity index (χ2n) is 5.21. The zero-order valence-corrected chi connectivity index (χ0v) is 15.9. The van der Waals surface area contributed by atoms with Gasteiger partial charge in [0.25, 0.3) is 0 Å². The third kappa shape index (κ3) is 7.48. The van der Waals surface area contributed by atoms with Gasteiger partial charge < -0.3 is 20.9 Å². The van der Waals surface area contributed by atoms with Gasteiger partial charge in [0.1, 0.15) is 18.5 Å². The maximum atomic E-state index is 12.6. The standard InChI is InChI=1S/C17H18F3N3O2.HI/c18-17(19,20)12-5-4-8-15(9-12)25-11-14(24)10-22-16(21)23-13-6-2-1-3-7-13;/h1-9,14,24H,10-11H2,(H3,21,22,23);1H. The second-order valence-corrected chi connectivity index (χ2v) is 5.21. The Morgan fingerprint density at radius 1 is 1.15 bits per heavy atom. The minimum absolute atomic E-state index is 0. The Bertz CT molecular complexity index is 712. The van der Waals surface area contributed by atoms with Crippen LogP contribution in [0.5, 0.6) is 5.75 Å². The molecule has 0 saturated carbocycles. The van der Waals surface area contributed by atoms with E-state index in [4.69, 9.17) is 10.5 Å². The number of benzene rings is 2. The van der Waals surface area contributed by atoms with Gasteiger partial charge in [0.2, 0.25) is 0 Å². The minimum atomic E-state index is -4.44. The van der Waals surface area contributed by atoms with Crippen LogP contribution in [0, 0.1) is 0 Å². The number of aliphatic hydroxyl groups is 1. The predicted octanol–water partition coefficient (Wildman–Crippen LogP) is 3.49. The van der Waals surface area contributed by atoms with Crippen molar-refractivity contribution < 1.29 is 23.0 Å². The van der Waals surface area contributed by atoms with E-state index in [9.17, 15) is 18.3 Å². The molecule has 2 rings (SSSR count). The summed E-state index contributed by atoms with van der Waals surface area (Å²) in [6.07, 6.45) is -5.45. The average molecular weight is 481 g/mol. The number of aliphatic hydroxyl groups excluding tert-OH is 1. The fraction of sp³-hybridized carbons (Fsp3) is 0.235. The van der Waals surface area contributed by atoms with E-state index in [2.05, 4.69) is 10.3 Å². The van der Waals surface area contributed by atoms with Crippen molar-refractivity contribution in [2.24, 2.45) is 10.7 Å². The van der Waals surface area contributed by atoms with E-state index in [1.807, 2.05) is 18.2 Å². The molecule has 9 heteroatoms. The first-order valence-electron chi connectivity index (χ1n) is 7.45. The molecule has 0 aliphatic carbocycles. The number of para-hydroxylation sites is 1. The molecule has 0 aliphatic rings. The lowest BCUT2D eigenvalue weighted by molar-refractivity contribution is -0.137. The summed E-state index contributed by atoms with van der Waals surface area (Å²) in [6.45, 7) is -0.256. The maximum Gasteiger partial charge on any atom is 0.416 e. The van der Waals surface area contributed by atoms with E-state index >= 15 is 0 Å². The molecular weight excluding hydrogens is 462 g/mol. The Balaban J connectivity index is 0.00000338. The zero-order chi connectivity index (χ0) is 18.3. The summed E-state index contributed by atoms with van der Waals surface area (Å²) in [4.78, 5) is 3.96. The molecule has 0 bridgehead atoms. The van der Waals surface area contributed by atoms with Crippen LogP contribution in [0.1, 0.15) is 5.56 Å². The first-order chi connectivity index (χ1) is 11.8. The summed E-state index contributed by atoms with van der Waals surface area (Å²) < 4.78 is 43.0. The number of rotatable bonds is 6. The molecule has 0 amide bonds. The number of nitrogens with zero attached hydrogens (tertiary/aromatic N) is 1. The summed E-state index contributed by atoms with van der Waals surface area (Å²) in [5.74, 6) is 0.137. The number of anilines is 1. The van der Waals surface area contributed by atoms with Gasteiger partial charge in [-0.3, -0.25) is 4.99 Å². The highest BCUT2D eigenvalue weighted by Crippen LogP contribution is 2.31. The molecule has 0 spiro atoms. The number of aliphatic imine (C=N–C) groups is 1. The van der Waals surface area contributed by atoms with Crippen LogP contribution in [0.2, 0.25) is 0 Å². The van der Waals surface area contributed by atoms with Crippen molar-refractivity contribution in [1.29, 1.82) is 0 Å². The van der Waals surface area contributed by atoms with Crippen molar-refractivity contribution in [3.05, 3.63) is 60.2 Å². The van der Waals surface area contributed by atoms with Crippen molar-refractivity contribution in [2.45, 2.75) is 12.3 Å². The van der Waals surface area contributed by atoms with Crippen molar-refractivity contribution in [3.8, 4) is 5.75 Å². The molecule has 0 aromatic heterocycles. The fourth-order valence-corrected chi connectivity index (χ4v) is 1.92. The largest absolute Gasteiger partial charge is 0.491 e. The zero-order valence-electron chi connectivity index (χ0n) is 13.6. The first kappa shape index (κ1) is 22.0. The highest BCUT2D eigenvalue weighted by atomic mass is 127. The fourth-order valence-electron chi connectivity index (χ4n) is 1.92. The maximum absolute atomic E-state index is 12.6. The van der Waals surface area contributed by atoms with Crippen LogP contribution in [0.25, 0.3) is 0 Å². The monoisotopic (exact) mass is 481 g/mol. The predicted molar refractivity (Wildman–Crippen MR) is 105 cm³/mol. The van der Waals surface area contributed by atoms with Crippen LogP contribution >= 0.6 is 24.0 Å². The lowest BCUT2D eigenvalue weighted by atomic mass is 10.2. The quantitative estimate of drug-likeness (QED) is 0.336. The number of guanidine groups is 1. The molecule has 0 saturated heterocycles. The van der Waals surface area contributed by atoms with E-state index < -0.39 is 17.8 Å². The van der Waals surface area contributed by atoms with E-state index in [-0.39, 0.29) is 48.8 Å². The Kier molecular flexibility index (Phi) is 8.66. The molecule has 1 atom stereocenters. The molecule has 0 heterocycles. The normalized spacial score (nSPS) is 12.8. The van der Waals surface area contributed by atoms with E-state index in [1.165, 1.54) is 12.1 Å². The molecule has 5 nitrogen and oxygen atoms in total. The lowest BCUT2D eigenvalue weighted by Gasteiger charge is -2.13. The summed E-state index contributed by atoms with van der Waals surface area (Å²) in [7, 11) is 0. The van der Waals surface area contributed by atoms with Gasteiger partial charge >= 0.3 is 6.18 Å². The number of hydrogen-bond acceptors (Lipinski definition) is 3. The van der Waals surface area contributed by atoms with Crippen molar-refractivity contribution >= 4 is 35.6 Å². The highest BCUT2D eigenvalue weighted by molar-refractivity contribution is 14.0. The smallest absolute Gasteiger partial charge is 0.416 e. The number of halogens is 4. The molecule has 1 unspecified atom stereocenters. The Labute approximate surface area is 166 Å². The molecule has 2 aromatic rings. The third-order valence-corrected chi connectivity index (χ3v) is 3.12.